The first-order valence-electron chi connectivity index (χ1n) is 11.2. The maximum absolute atomic E-state index is 14.7. The number of pyridine rings is 1. The van der Waals surface area contributed by atoms with Crippen molar-refractivity contribution in [3.63, 3.8) is 0 Å². The molecule has 0 radical (unpaired) electrons. The van der Waals surface area contributed by atoms with Gasteiger partial charge in [0.2, 0.25) is 5.88 Å². The lowest BCUT2D eigenvalue weighted by Crippen LogP contribution is -2.24. The first kappa shape index (κ1) is 21.0. The maximum Gasteiger partial charge on any atom is 0.352 e. The number of anilines is 1. The zero-order valence-corrected chi connectivity index (χ0v) is 18.1. The molecule has 0 amide bonds. The molecule has 3 aromatic rings. The van der Waals surface area contributed by atoms with Gasteiger partial charge in [-0.2, -0.15) is 4.98 Å². The molecule has 2 aliphatic heterocycles. The molecular weight excluding hydrogens is 449 g/mol. The van der Waals surface area contributed by atoms with E-state index in [1.165, 1.54) is 18.3 Å². The Balaban J connectivity index is 1.18. The van der Waals surface area contributed by atoms with Crippen LogP contribution in [-0.4, -0.2) is 27.1 Å². The Labute approximate surface area is 192 Å². The summed E-state index contributed by atoms with van der Waals surface area (Å²) >= 11 is 0. The summed E-state index contributed by atoms with van der Waals surface area (Å²) in [5.74, 6) is -1.50. The summed E-state index contributed by atoms with van der Waals surface area (Å²) in [5.41, 5.74) is -1.49. The Morgan fingerprint density at radius 2 is 1.94 bits per heavy atom. The van der Waals surface area contributed by atoms with Crippen LogP contribution in [0.3, 0.4) is 0 Å². The van der Waals surface area contributed by atoms with Crippen molar-refractivity contribution in [2.75, 3.05) is 11.4 Å². The first-order chi connectivity index (χ1) is 16.4. The van der Waals surface area contributed by atoms with Crippen LogP contribution in [-0.2, 0) is 18.8 Å². The zero-order valence-electron chi connectivity index (χ0n) is 18.1. The minimum absolute atomic E-state index is 0.0961. The number of aromatic nitrogens is 3. The summed E-state index contributed by atoms with van der Waals surface area (Å²) in [5, 5.41) is 0. The van der Waals surface area contributed by atoms with E-state index in [2.05, 4.69) is 14.9 Å². The van der Waals surface area contributed by atoms with Crippen molar-refractivity contribution in [2.24, 2.45) is 0 Å². The first-order valence-corrected chi connectivity index (χ1v) is 11.2. The Hall–Kier alpha value is -3.56. The Bertz CT molecular complexity index is 1320. The van der Waals surface area contributed by atoms with Gasteiger partial charge in [0.15, 0.2) is 23.1 Å². The maximum atomic E-state index is 14.7. The average Bonchev–Trinajstić information content (AvgIpc) is 3.24. The molecule has 1 saturated heterocycles. The number of hydrogen-bond acceptors (Lipinski definition) is 6. The minimum atomic E-state index is -1.48. The van der Waals surface area contributed by atoms with Crippen LogP contribution in [0.15, 0.2) is 41.3 Å². The molecule has 7 nitrogen and oxygen atoms in total. The number of benzene rings is 1. The van der Waals surface area contributed by atoms with Crippen LogP contribution in [0.2, 0.25) is 0 Å². The topological polar surface area (TPSA) is 69.5 Å². The van der Waals surface area contributed by atoms with Gasteiger partial charge in [-0.05, 0) is 49.4 Å². The van der Waals surface area contributed by atoms with E-state index in [-0.39, 0.29) is 29.5 Å². The van der Waals surface area contributed by atoms with E-state index in [9.17, 15) is 18.0 Å². The quantitative estimate of drug-likeness (QED) is 0.537. The SMILES string of the molecule is O=c1nc(OCc2cc(F)c(Oc3ccnc(C4(F)CC4)c3)c(F)c2)cc2n1C[C@H]1CCCN21. The molecule has 4 heterocycles. The van der Waals surface area contributed by atoms with Gasteiger partial charge >= 0.3 is 5.69 Å². The van der Waals surface area contributed by atoms with Crippen molar-refractivity contribution >= 4 is 5.82 Å². The van der Waals surface area contributed by atoms with Gasteiger partial charge in [0.05, 0.1) is 5.69 Å². The average molecular weight is 470 g/mol. The fourth-order valence-corrected chi connectivity index (χ4v) is 4.65. The number of rotatable bonds is 6. The highest BCUT2D eigenvalue weighted by molar-refractivity contribution is 5.48. The molecule has 0 spiro atoms. The van der Waals surface area contributed by atoms with E-state index in [0.29, 0.717) is 25.4 Å². The van der Waals surface area contributed by atoms with Gasteiger partial charge < -0.3 is 14.4 Å². The number of halogens is 3. The third-order valence-corrected chi connectivity index (χ3v) is 6.57. The molecule has 176 valence electrons. The summed E-state index contributed by atoms with van der Waals surface area (Å²) in [4.78, 5) is 22.5. The van der Waals surface area contributed by atoms with Crippen LogP contribution in [0.1, 0.15) is 36.9 Å². The largest absolute Gasteiger partial charge is 0.473 e. The molecule has 1 aliphatic carbocycles. The van der Waals surface area contributed by atoms with Crippen LogP contribution in [0, 0.1) is 11.6 Å². The van der Waals surface area contributed by atoms with E-state index in [0.717, 1.165) is 37.3 Å². The molecule has 1 atom stereocenters. The molecule has 6 rings (SSSR count). The zero-order chi connectivity index (χ0) is 23.4. The van der Waals surface area contributed by atoms with Crippen LogP contribution in [0.5, 0.6) is 17.4 Å². The molecule has 10 heteroatoms. The number of ether oxygens (including phenoxy) is 2. The minimum Gasteiger partial charge on any atom is -0.473 e. The van der Waals surface area contributed by atoms with Crippen LogP contribution in [0.4, 0.5) is 19.0 Å². The van der Waals surface area contributed by atoms with E-state index in [1.807, 2.05) is 0 Å². The van der Waals surface area contributed by atoms with E-state index in [4.69, 9.17) is 9.47 Å². The van der Waals surface area contributed by atoms with Crippen LogP contribution in [0.25, 0.3) is 0 Å². The lowest BCUT2D eigenvalue weighted by Gasteiger charge is -2.17. The van der Waals surface area contributed by atoms with Gasteiger partial charge in [-0.3, -0.25) is 9.55 Å². The molecular formula is C24H21F3N4O3. The molecule has 2 fully saturated rings. The molecule has 34 heavy (non-hydrogen) atoms. The third-order valence-electron chi connectivity index (χ3n) is 6.57. The number of hydrogen-bond donors (Lipinski definition) is 0. The summed E-state index contributed by atoms with van der Waals surface area (Å²) in [7, 11) is 0. The number of nitrogens with zero attached hydrogens (tertiary/aromatic N) is 4. The second-order valence-electron chi connectivity index (χ2n) is 8.96. The summed E-state index contributed by atoms with van der Waals surface area (Å²) in [6.07, 6.45) is 4.18. The van der Waals surface area contributed by atoms with Crippen molar-refractivity contribution in [1.82, 2.24) is 14.5 Å². The lowest BCUT2D eigenvalue weighted by molar-refractivity contribution is 0.289. The van der Waals surface area contributed by atoms with Gasteiger partial charge in [0, 0.05) is 37.5 Å². The molecule has 2 aromatic heterocycles. The fourth-order valence-electron chi connectivity index (χ4n) is 4.65. The van der Waals surface area contributed by atoms with Gasteiger partial charge in [-0.1, -0.05) is 0 Å². The van der Waals surface area contributed by atoms with Crippen LogP contribution < -0.4 is 20.1 Å². The summed E-state index contributed by atoms with van der Waals surface area (Å²) < 4.78 is 56.2. The molecule has 0 bridgehead atoms. The van der Waals surface area contributed by atoms with E-state index < -0.39 is 28.7 Å². The highest BCUT2D eigenvalue weighted by atomic mass is 19.1. The Morgan fingerprint density at radius 1 is 1.15 bits per heavy atom. The van der Waals surface area contributed by atoms with Crippen molar-refractivity contribution in [2.45, 2.75) is 50.5 Å². The van der Waals surface area contributed by atoms with Crippen molar-refractivity contribution in [3.05, 3.63) is 69.9 Å². The second kappa shape index (κ2) is 7.75. The van der Waals surface area contributed by atoms with Crippen LogP contribution >= 0.6 is 0 Å². The molecule has 3 aliphatic rings. The molecule has 1 saturated carbocycles. The third kappa shape index (κ3) is 3.66. The summed E-state index contributed by atoms with van der Waals surface area (Å²) in [6, 6.07) is 6.94. The Kier molecular flexibility index (Phi) is 4.79. The predicted octanol–water partition coefficient (Wildman–Crippen LogP) is 4.23. The van der Waals surface area contributed by atoms with Gasteiger partial charge in [-0.25, -0.2) is 18.0 Å². The number of alkyl halides is 1. The lowest BCUT2D eigenvalue weighted by atomic mass is 10.2. The van der Waals surface area contributed by atoms with E-state index in [1.54, 1.807) is 10.6 Å². The van der Waals surface area contributed by atoms with Gasteiger partial charge in [-0.15, -0.1) is 0 Å². The van der Waals surface area contributed by atoms with Crippen molar-refractivity contribution < 1.29 is 22.6 Å². The van der Waals surface area contributed by atoms with Gasteiger partial charge in [0.25, 0.3) is 0 Å². The monoisotopic (exact) mass is 470 g/mol. The van der Waals surface area contributed by atoms with Crippen molar-refractivity contribution in [3.8, 4) is 17.4 Å². The highest BCUT2D eigenvalue weighted by Gasteiger charge is 2.46. The summed E-state index contributed by atoms with van der Waals surface area (Å²) in [6.45, 7) is 1.30. The smallest absolute Gasteiger partial charge is 0.352 e. The molecule has 0 N–H and O–H groups in total. The predicted molar refractivity (Wildman–Crippen MR) is 116 cm³/mol. The molecule has 0 unspecified atom stereocenters. The van der Waals surface area contributed by atoms with E-state index >= 15 is 0 Å². The van der Waals surface area contributed by atoms with Gasteiger partial charge in [0.1, 0.15) is 18.2 Å². The van der Waals surface area contributed by atoms with Crippen molar-refractivity contribution in [1.29, 1.82) is 0 Å². The Morgan fingerprint density at radius 3 is 2.71 bits per heavy atom. The fraction of sp³-hybridized carbons (Fsp3) is 0.375. The second-order valence-corrected chi connectivity index (χ2v) is 8.96. The number of fused-ring (bicyclic) bond motifs is 3. The normalized spacial score (nSPS) is 19.6. The standard InChI is InChI=1S/C24H21F3N4O3/c25-17-8-14(9-18(26)22(17)34-16-3-6-28-19(10-16)24(27)4-5-24)13-33-20-11-21-30-7-1-2-15(30)12-31(21)23(32)29-20/h3,6,8-11,15H,1-2,4-5,7,12-13H2/t15-/m1/s1. The molecule has 1 aromatic carbocycles. The highest BCUT2D eigenvalue weighted by Crippen LogP contribution is 2.49.